The largest absolute Gasteiger partial charge is 0.491 e. The maximum atomic E-state index is 5.60. The van der Waals surface area contributed by atoms with Crippen molar-refractivity contribution in [2.75, 3.05) is 19.0 Å². The van der Waals surface area contributed by atoms with Gasteiger partial charge < -0.3 is 10.1 Å². The third-order valence-corrected chi connectivity index (χ3v) is 2.64. The van der Waals surface area contributed by atoms with Gasteiger partial charge in [-0.1, -0.05) is 12.1 Å². The third kappa shape index (κ3) is 6.54. The molecule has 1 N–H and O–H groups in total. The van der Waals surface area contributed by atoms with Crippen LogP contribution in [0.4, 0.5) is 0 Å². The van der Waals surface area contributed by atoms with E-state index in [1.165, 1.54) is 5.56 Å². The SMILES string of the molecule is CC(C)Oc1ccc(CCNCCCCl)cc1. The van der Waals surface area contributed by atoms with Crippen molar-refractivity contribution in [1.82, 2.24) is 5.32 Å². The smallest absolute Gasteiger partial charge is 0.119 e. The lowest BCUT2D eigenvalue weighted by atomic mass is 10.1. The van der Waals surface area contributed by atoms with Gasteiger partial charge in [-0.3, -0.25) is 0 Å². The van der Waals surface area contributed by atoms with E-state index in [0.29, 0.717) is 0 Å². The van der Waals surface area contributed by atoms with Gasteiger partial charge in [-0.25, -0.2) is 0 Å². The lowest BCUT2D eigenvalue weighted by molar-refractivity contribution is 0.242. The zero-order chi connectivity index (χ0) is 12.5. The quantitative estimate of drug-likeness (QED) is 0.569. The van der Waals surface area contributed by atoms with Crippen molar-refractivity contribution in [2.45, 2.75) is 32.8 Å². The topological polar surface area (TPSA) is 21.3 Å². The van der Waals surface area contributed by atoms with Gasteiger partial charge in [0.15, 0.2) is 0 Å². The minimum atomic E-state index is 0.234. The molecular formula is C14H22ClNO. The number of alkyl halides is 1. The Morgan fingerprint density at radius 3 is 2.47 bits per heavy atom. The van der Waals surface area contributed by atoms with E-state index in [2.05, 4.69) is 17.4 Å². The van der Waals surface area contributed by atoms with Crippen molar-refractivity contribution in [2.24, 2.45) is 0 Å². The molecule has 3 heteroatoms. The number of benzene rings is 1. The minimum Gasteiger partial charge on any atom is -0.491 e. The van der Waals surface area contributed by atoms with Crippen LogP contribution in [0.25, 0.3) is 0 Å². The first-order valence-corrected chi connectivity index (χ1v) is 6.78. The molecule has 1 rings (SSSR count). The highest BCUT2D eigenvalue weighted by Gasteiger charge is 1.98. The standard InChI is InChI=1S/C14H22ClNO/c1-12(2)17-14-6-4-13(5-7-14)8-11-16-10-3-9-15/h4-7,12,16H,3,8-11H2,1-2H3. The molecule has 0 bridgehead atoms. The van der Waals surface area contributed by atoms with Crippen LogP contribution in [0.3, 0.4) is 0 Å². The van der Waals surface area contributed by atoms with E-state index in [9.17, 15) is 0 Å². The van der Waals surface area contributed by atoms with Gasteiger partial charge in [-0.2, -0.15) is 0 Å². The van der Waals surface area contributed by atoms with Crippen LogP contribution < -0.4 is 10.1 Å². The zero-order valence-electron chi connectivity index (χ0n) is 10.7. The molecule has 0 fully saturated rings. The lowest BCUT2D eigenvalue weighted by Crippen LogP contribution is -2.18. The zero-order valence-corrected chi connectivity index (χ0v) is 11.5. The Bertz CT molecular complexity index is 298. The second kappa shape index (κ2) is 8.37. The summed E-state index contributed by atoms with van der Waals surface area (Å²) in [5, 5.41) is 3.37. The molecule has 17 heavy (non-hydrogen) atoms. The molecule has 0 saturated carbocycles. The first kappa shape index (κ1) is 14.3. The van der Waals surface area contributed by atoms with Crippen molar-refractivity contribution >= 4 is 11.6 Å². The van der Waals surface area contributed by atoms with E-state index in [1.807, 2.05) is 26.0 Å². The highest BCUT2D eigenvalue weighted by atomic mass is 35.5. The van der Waals surface area contributed by atoms with Crippen LogP contribution in [0.5, 0.6) is 5.75 Å². The first-order chi connectivity index (χ1) is 8.22. The molecule has 0 aliphatic rings. The summed E-state index contributed by atoms with van der Waals surface area (Å²) in [5.74, 6) is 1.67. The van der Waals surface area contributed by atoms with Gasteiger partial charge in [-0.15, -0.1) is 11.6 Å². The Morgan fingerprint density at radius 2 is 1.88 bits per heavy atom. The van der Waals surface area contributed by atoms with Crippen LogP contribution >= 0.6 is 11.6 Å². The summed E-state index contributed by atoms with van der Waals surface area (Å²) in [7, 11) is 0. The number of halogens is 1. The Labute approximate surface area is 109 Å². The predicted octanol–water partition coefficient (Wildman–Crippen LogP) is 3.23. The van der Waals surface area contributed by atoms with Gasteiger partial charge in [0.05, 0.1) is 6.10 Å². The Morgan fingerprint density at radius 1 is 1.18 bits per heavy atom. The molecule has 0 radical (unpaired) electrons. The van der Waals surface area contributed by atoms with Crippen molar-refractivity contribution in [3.8, 4) is 5.75 Å². The molecule has 0 aromatic heterocycles. The number of hydrogen-bond donors (Lipinski definition) is 1. The molecule has 2 nitrogen and oxygen atoms in total. The van der Waals surface area contributed by atoms with Crippen molar-refractivity contribution < 1.29 is 4.74 Å². The highest BCUT2D eigenvalue weighted by molar-refractivity contribution is 6.17. The molecule has 0 aliphatic heterocycles. The molecule has 0 unspecified atom stereocenters. The number of hydrogen-bond acceptors (Lipinski definition) is 2. The van der Waals surface area contributed by atoms with Gasteiger partial charge in [0, 0.05) is 5.88 Å². The summed E-state index contributed by atoms with van der Waals surface area (Å²) in [4.78, 5) is 0. The van der Waals surface area contributed by atoms with Gasteiger partial charge in [-0.05, 0) is 57.5 Å². The van der Waals surface area contributed by atoms with Crippen molar-refractivity contribution in [3.63, 3.8) is 0 Å². The molecule has 1 aromatic rings. The molecule has 1 aromatic carbocycles. The molecular weight excluding hydrogens is 234 g/mol. The molecule has 0 amide bonds. The summed E-state index contributed by atoms with van der Waals surface area (Å²) in [6.45, 7) is 6.07. The summed E-state index contributed by atoms with van der Waals surface area (Å²) < 4.78 is 5.60. The normalized spacial score (nSPS) is 10.8. The van der Waals surface area contributed by atoms with Gasteiger partial charge in [0.2, 0.25) is 0 Å². The van der Waals surface area contributed by atoms with Crippen LogP contribution in [0.15, 0.2) is 24.3 Å². The Balaban J connectivity index is 2.25. The van der Waals surface area contributed by atoms with E-state index in [4.69, 9.17) is 16.3 Å². The Kier molecular flexibility index (Phi) is 7.06. The van der Waals surface area contributed by atoms with Crippen molar-refractivity contribution in [3.05, 3.63) is 29.8 Å². The van der Waals surface area contributed by atoms with Crippen LogP contribution in [-0.4, -0.2) is 25.1 Å². The summed E-state index contributed by atoms with van der Waals surface area (Å²) in [6, 6.07) is 8.32. The number of nitrogens with one attached hydrogen (secondary N) is 1. The number of ether oxygens (including phenoxy) is 1. The average Bonchev–Trinajstić information content (AvgIpc) is 2.30. The summed E-state index contributed by atoms with van der Waals surface area (Å²) in [6.07, 6.45) is 2.31. The maximum Gasteiger partial charge on any atom is 0.119 e. The van der Waals surface area contributed by atoms with Gasteiger partial charge in [0.1, 0.15) is 5.75 Å². The molecule has 0 atom stereocenters. The van der Waals surface area contributed by atoms with Crippen molar-refractivity contribution in [1.29, 1.82) is 0 Å². The fourth-order valence-electron chi connectivity index (χ4n) is 1.56. The van der Waals surface area contributed by atoms with Gasteiger partial charge >= 0.3 is 0 Å². The monoisotopic (exact) mass is 255 g/mol. The second-order valence-electron chi connectivity index (χ2n) is 4.35. The van der Waals surface area contributed by atoms with E-state index >= 15 is 0 Å². The molecule has 0 heterocycles. The van der Waals surface area contributed by atoms with Crippen LogP contribution in [-0.2, 0) is 6.42 Å². The average molecular weight is 256 g/mol. The van der Waals surface area contributed by atoms with Crippen LogP contribution in [0, 0.1) is 0 Å². The fraction of sp³-hybridized carbons (Fsp3) is 0.571. The minimum absolute atomic E-state index is 0.234. The Hall–Kier alpha value is -0.730. The number of rotatable bonds is 8. The predicted molar refractivity (Wildman–Crippen MR) is 74.1 cm³/mol. The molecule has 96 valence electrons. The third-order valence-electron chi connectivity index (χ3n) is 2.37. The van der Waals surface area contributed by atoms with E-state index in [0.717, 1.165) is 37.6 Å². The molecule has 0 spiro atoms. The van der Waals surface area contributed by atoms with Crippen LogP contribution in [0.1, 0.15) is 25.8 Å². The summed E-state index contributed by atoms with van der Waals surface area (Å²) in [5.41, 5.74) is 1.33. The van der Waals surface area contributed by atoms with Crippen LogP contribution in [0.2, 0.25) is 0 Å². The van der Waals surface area contributed by atoms with E-state index in [1.54, 1.807) is 0 Å². The maximum absolute atomic E-state index is 5.60. The fourth-order valence-corrected chi connectivity index (χ4v) is 1.69. The highest BCUT2D eigenvalue weighted by Crippen LogP contribution is 2.13. The second-order valence-corrected chi connectivity index (χ2v) is 4.73. The lowest BCUT2D eigenvalue weighted by Gasteiger charge is -2.10. The van der Waals surface area contributed by atoms with E-state index in [-0.39, 0.29) is 6.10 Å². The summed E-state index contributed by atoms with van der Waals surface area (Å²) >= 11 is 5.60. The first-order valence-electron chi connectivity index (χ1n) is 6.24. The molecule has 0 saturated heterocycles. The van der Waals surface area contributed by atoms with E-state index < -0.39 is 0 Å². The molecule has 0 aliphatic carbocycles. The van der Waals surface area contributed by atoms with Gasteiger partial charge in [0.25, 0.3) is 0 Å².